The molecule has 0 aromatic heterocycles. The lowest BCUT2D eigenvalue weighted by atomic mass is 9.58. The van der Waals surface area contributed by atoms with E-state index >= 15 is 0 Å². The Bertz CT molecular complexity index is 531. The van der Waals surface area contributed by atoms with Gasteiger partial charge in [0.25, 0.3) is 0 Å². The Hall–Kier alpha value is -1.31. The van der Waals surface area contributed by atoms with Crippen LogP contribution >= 0.6 is 0 Å². The topological polar surface area (TPSA) is 21.6 Å². The van der Waals surface area contributed by atoms with Crippen molar-refractivity contribution in [2.45, 2.75) is 44.9 Å². The van der Waals surface area contributed by atoms with Crippen LogP contribution in [0.4, 0.5) is 0 Å². The highest BCUT2D eigenvalue weighted by Crippen LogP contribution is 2.57. The van der Waals surface area contributed by atoms with Crippen LogP contribution in [0, 0.1) is 23.2 Å². The van der Waals surface area contributed by atoms with E-state index < -0.39 is 0 Å². The lowest BCUT2D eigenvalue weighted by Gasteiger charge is -2.47. The molecule has 0 unspecified atom stereocenters. The molecule has 118 valence electrons. The monoisotopic (exact) mass is 297 g/mol. The molecule has 2 atom stereocenters. The van der Waals surface area contributed by atoms with Crippen LogP contribution in [0.15, 0.2) is 29.3 Å². The molecule has 0 aliphatic heterocycles. The van der Waals surface area contributed by atoms with E-state index in [4.69, 9.17) is 9.73 Å². The smallest absolute Gasteiger partial charge is 0.118 e. The Morgan fingerprint density at radius 1 is 1.05 bits per heavy atom. The highest BCUT2D eigenvalue weighted by atomic mass is 16.5. The molecule has 4 fully saturated rings. The fourth-order valence-corrected chi connectivity index (χ4v) is 5.60. The van der Waals surface area contributed by atoms with Gasteiger partial charge in [0, 0.05) is 12.8 Å². The standard InChI is InChI=1S/C20H27NO/c1-22-19-6-4-15(5-7-19)13-21-14-20-10-16-2-3-17(11-20)9-18(8-16)12-20/h4-7,13,16-18H,2-3,8-12,14H2,1H3/t16-,17-,18?,20?/m1/s1. The van der Waals surface area contributed by atoms with Crippen LogP contribution in [0.1, 0.15) is 50.5 Å². The highest BCUT2D eigenvalue weighted by Gasteiger charge is 2.48. The summed E-state index contributed by atoms with van der Waals surface area (Å²) in [5.74, 6) is 3.93. The molecule has 0 heterocycles. The number of hydrogen-bond donors (Lipinski definition) is 0. The van der Waals surface area contributed by atoms with Crippen LogP contribution in [0.3, 0.4) is 0 Å². The summed E-state index contributed by atoms with van der Waals surface area (Å²) < 4.78 is 5.21. The van der Waals surface area contributed by atoms with Crippen molar-refractivity contribution < 1.29 is 4.74 Å². The van der Waals surface area contributed by atoms with Gasteiger partial charge in [-0.25, -0.2) is 0 Å². The molecule has 0 N–H and O–H groups in total. The summed E-state index contributed by atoms with van der Waals surface area (Å²) in [6, 6.07) is 8.21. The van der Waals surface area contributed by atoms with E-state index in [0.717, 1.165) is 30.0 Å². The average molecular weight is 297 g/mol. The molecule has 0 saturated heterocycles. The maximum Gasteiger partial charge on any atom is 0.118 e. The van der Waals surface area contributed by atoms with Gasteiger partial charge in [-0.2, -0.15) is 0 Å². The van der Waals surface area contributed by atoms with Crippen molar-refractivity contribution >= 4 is 6.21 Å². The third-order valence-corrected chi connectivity index (χ3v) is 6.26. The second kappa shape index (κ2) is 5.72. The summed E-state index contributed by atoms with van der Waals surface area (Å²) in [5, 5.41) is 0. The van der Waals surface area contributed by atoms with Crippen molar-refractivity contribution in [3.63, 3.8) is 0 Å². The number of hydrogen-bond acceptors (Lipinski definition) is 2. The number of methoxy groups -OCH3 is 1. The number of fused-ring (bicyclic) bond motifs is 1. The summed E-state index contributed by atoms with van der Waals surface area (Å²) in [6.45, 7) is 1.04. The molecule has 4 bridgehead atoms. The first-order valence-corrected chi connectivity index (χ1v) is 8.89. The third kappa shape index (κ3) is 2.80. The van der Waals surface area contributed by atoms with E-state index in [2.05, 4.69) is 18.3 Å². The summed E-state index contributed by atoms with van der Waals surface area (Å²) in [7, 11) is 1.71. The van der Waals surface area contributed by atoms with E-state index in [-0.39, 0.29) is 0 Å². The molecule has 0 spiro atoms. The van der Waals surface area contributed by atoms with Gasteiger partial charge in [-0.3, -0.25) is 4.99 Å². The summed E-state index contributed by atoms with van der Waals surface area (Å²) in [6.07, 6.45) is 12.4. The number of benzene rings is 1. The molecule has 4 aliphatic rings. The molecule has 4 aliphatic carbocycles. The maximum absolute atomic E-state index is 5.21. The van der Waals surface area contributed by atoms with Crippen LogP contribution < -0.4 is 4.74 Å². The first kappa shape index (κ1) is 14.3. The van der Waals surface area contributed by atoms with E-state index in [0.29, 0.717) is 5.41 Å². The minimum atomic E-state index is 0.538. The van der Waals surface area contributed by atoms with Crippen molar-refractivity contribution in [1.29, 1.82) is 0 Å². The zero-order valence-corrected chi connectivity index (χ0v) is 13.6. The molecule has 1 aromatic rings. The zero-order valence-electron chi connectivity index (χ0n) is 13.6. The predicted molar refractivity (Wildman–Crippen MR) is 90.7 cm³/mol. The highest BCUT2D eigenvalue weighted by molar-refractivity contribution is 5.79. The number of aliphatic imine (C=N–C) groups is 1. The van der Waals surface area contributed by atoms with Crippen LogP contribution in [-0.2, 0) is 0 Å². The second-order valence-corrected chi connectivity index (χ2v) is 8.00. The van der Waals surface area contributed by atoms with Gasteiger partial charge in [0.05, 0.1) is 7.11 Å². The Morgan fingerprint density at radius 3 is 2.32 bits per heavy atom. The quantitative estimate of drug-likeness (QED) is 0.737. The van der Waals surface area contributed by atoms with Gasteiger partial charge in [0.15, 0.2) is 0 Å². The molecule has 22 heavy (non-hydrogen) atoms. The molecule has 2 heteroatoms. The van der Waals surface area contributed by atoms with Gasteiger partial charge in [-0.15, -0.1) is 0 Å². The van der Waals surface area contributed by atoms with Crippen molar-refractivity contribution in [1.82, 2.24) is 0 Å². The van der Waals surface area contributed by atoms with Crippen molar-refractivity contribution in [3.05, 3.63) is 29.8 Å². The van der Waals surface area contributed by atoms with Crippen molar-refractivity contribution in [2.75, 3.05) is 13.7 Å². The van der Waals surface area contributed by atoms with Gasteiger partial charge in [0.2, 0.25) is 0 Å². The average Bonchev–Trinajstić information content (AvgIpc) is 2.73. The lowest BCUT2D eigenvalue weighted by molar-refractivity contribution is 0.0428. The largest absolute Gasteiger partial charge is 0.497 e. The zero-order chi connectivity index (χ0) is 15.0. The number of nitrogens with zero attached hydrogens (tertiary/aromatic N) is 1. The van der Waals surface area contributed by atoms with Gasteiger partial charge in [-0.1, -0.05) is 12.8 Å². The minimum Gasteiger partial charge on any atom is -0.497 e. The fourth-order valence-electron chi connectivity index (χ4n) is 5.60. The second-order valence-electron chi connectivity index (χ2n) is 8.00. The van der Waals surface area contributed by atoms with Gasteiger partial charge in [-0.05, 0) is 85.1 Å². The molecule has 2 nitrogen and oxygen atoms in total. The maximum atomic E-state index is 5.21. The van der Waals surface area contributed by atoms with Gasteiger partial charge in [0.1, 0.15) is 5.75 Å². The summed E-state index contributed by atoms with van der Waals surface area (Å²) in [5.41, 5.74) is 1.72. The lowest BCUT2D eigenvalue weighted by Crippen LogP contribution is -2.39. The Morgan fingerprint density at radius 2 is 1.68 bits per heavy atom. The molecule has 0 amide bonds. The molecule has 0 radical (unpaired) electrons. The Labute approximate surface area is 134 Å². The minimum absolute atomic E-state index is 0.538. The summed E-state index contributed by atoms with van der Waals surface area (Å²) in [4.78, 5) is 4.86. The fraction of sp³-hybridized carbons (Fsp3) is 0.650. The first-order chi connectivity index (χ1) is 10.7. The van der Waals surface area contributed by atoms with Gasteiger partial charge >= 0.3 is 0 Å². The molecule has 1 aromatic carbocycles. The molecular weight excluding hydrogens is 270 g/mol. The Kier molecular flexibility index (Phi) is 3.71. The van der Waals surface area contributed by atoms with Crippen molar-refractivity contribution in [2.24, 2.45) is 28.2 Å². The Balaban J connectivity index is 1.45. The normalized spacial score (nSPS) is 36.7. The first-order valence-electron chi connectivity index (χ1n) is 8.89. The van der Waals surface area contributed by atoms with E-state index in [9.17, 15) is 0 Å². The van der Waals surface area contributed by atoms with Crippen LogP contribution in [-0.4, -0.2) is 19.9 Å². The van der Waals surface area contributed by atoms with E-state index in [1.165, 1.54) is 50.5 Å². The van der Waals surface area contributed by atoms with Crippen LogP contribution in [0.25, 0.3) is 0 Å². The summed E-state index contributed by atoms with van der Waals surface area (Å²) >= 11 is 0. The van der Waals surface area contributed by atoms with Crippen molar-refractivity contribution in [3.8, 4) is 5.75 Å². The van der Waals surface area contributed by atoms with E-state index in [1.54, 1.807) is 7.11 Å². The predicted octanol–water partition coefficient (Wildman–Crippen LogP) is 4.72. The van der Waals surface area contributed by atoms with Gasteiger partial charge < -0.3 is 4.74 Å². The third-order valence-electron chi connectivity index (χ3n) is 6.26. The molecular formula is C20H27NO. The molecule has 5 rings (SSSR count). The SMILES string of the molecule is COc1ccc(C=NCC23CC4C[C@@H](CC[C@H](C4)C2)C3)cc1. The van der Waals surface area contributed by atoms with Crippen LogP contribution in [0.2, 0.25) is 0 Å². The number of ether oxygens (including phenoxy) is 1. The van der Waals surface area contributed by atoms with E-state index in [1.807, 2.05) is 12.1 Å². The molecule has 4 saturated carbocycles. The number of rotatable bonds is 4. The van der Waals surface area contributed by atoms with Crippen LogP contribution in [0.5, 0.6) is 5.75 Å².